The van der Waals surface area contributed by atoms with Gasteiger partial charge in [-0.3, -0.25) is 4.21 Å². The molecule has 0 bridgehead atoms. The van der Waals surface area contributed by atoms with E-state index in [1.54, 1.807) is 0 Å². The van der Waals surface area contributed by atoms with Crippen molar-refractivity contribution in [3.05, 3.63) is 0 Å². The number of rotatable bonds is 8. The lowest BCUT2D eigenvalue weighted by Crippen LogP contribution is -2.15. The molecule has 0 aliphatic rings. The van der Waals surface area contributed by atoms with Gasteiger partial charge in [-0.1, -0.05) is 20.3 Å². The zero-order chi connectivity index (χ0) is 11.7. The monoisotopic (exact) mass is 250 g/mol. The van der Waals surface area contributed by atoms with Crippen molar-refractivity contribution in [2.24, 2.45) is 0 Å². The van der Waals surface area contributed by atoms with Gasteiger partial charge in [-0.2, -0.15) is 0 Å². The van der Waals surface area contributed by atoms with E-state index in [2.05, 4.69) is 13.8 Å². The zero-order valence-electron chi connectivity index (χ0n) is 9.95. The molecule has 2 nitrogen and oxygen atoms in total. The number of hydrogen-bond acceptors (Lipinski definition) is 3. The fourth-order valence-corrected chi connectivity index (χ4v) is 2.59. The molecule has 2 atom stereocenters. The van der Waals surface area contributed by atoms with Gasteiger partial charge < -0.3 is 4.74 Å². The third-order valence-corrected chi connectivity index (χ3v) is 3.87. The van der Waals surface area contributed by atoms with Gasteiger partial charge in [0.05, 0.1) is 6.10 Å². The van der Waals surface area contributed by atoms with Crippen LogP contribution in [0.5, 0.6) is 0 Å². The topological polar surface area (TPSA) is 26.3 Å². The number of ether oxygens (including phenoxy) is 1. The number of thiocarbonyl (C=S) groups is 1. The molecule has 0 fully saturated rings. The van der Waals surface area contributed by atoms with Gasteiger partial charge in [0.1, 0.15) is 0 Å². The molecule has 0 rings (SSSR count). The Labute approximate surface area is 101 Å². The molecule has 0 radical (unpaired) electrons. The third-order valence-electron chi connectivity index (χ3n) is 2.17. The minimum atomic E-state index is -0.725. The molecule has 0 aliphatic heterocycles. The van der Waals surface area contributed by atoms with Gasteiger partial charge in [0.25, 0.3) is 0 Å². The molecular formula is C11H22O2S2. The number of hydrogen-bond donors (Lipinski definition) is 0. The summed E-state index contributed by atoms with van der Waals surface area (Å²) in [6.45, 7) is 6.17. The van der Waals surface area contributed by atoms with Crippen molar-refractivity contribution >= 4 is 28.1 Å². The Hall–Kier alpha value is 0.0400. The van der Waals surface area contributed by atoms with Crippen molar-refractivity contribution in [3.8, 4) is 0 Å². The van der Waals surface area contributed by atoms with Gasteiger partial charge in [0.2, 0.25) is 0 Å². The highest BCUT2D eigenvalue weighted by atomic mass is 32.2. The third kappa shape index (κ3) is 9.00. The van der Waals surface area contributed by atoms with Crippen LogP contribution in [0.15, 0.2) is 0 Å². The molecule has 0 aromatic rings. The number of unbranched alkanes of at least 4 members (excludes halogenated alkanes) is 1. The Kier molecular flexibility index (Phi) is 9.30. The predicted molar refractivity (Wildman–Crippen MR) is 70.8 cm³/mol. The lowest BCUT2D eigenvalue weighted by Gasteiger charge is -2.12. The molecule has 0 saturated heterocycles. The molecule has 2 unspecified atom stereocenters. The van der Waals surface area contributed by atoms with E-state index < -0.39 is 10.8 Å². The molecular weight excluding hydrogens is 228 g/mol. The first-order valence-corrected chi connectivity index (χ1v) is 7.54. The van der Waals surface area contributed by atoms with Gasteiger partial charge in [0, 0.05) is 28.7 Å². The smallest absolute Gasteiger partial charge is 0.160 e. The fourth-order valence-electron chi connectivity index (χ4n) is 0.971. The van der Waals surface area contributed by atoms with E-state index in [0.717, 1.165) is 25.0 Å². The van der Waals surface area contributed by atoms with Crippen molar-refractivity contribution in [1.82, 2.24) is 0 Å². The molecule has 15 heavy (non-hydrogen) atoms. The van der Waals surface area contributed by atoms with E-state index in [9.17, 15) is 4.21 Å². The Morgan fingerprint density at radius 1 is 1.40 bits per heavy atom. The Morgan fingerprint density at radius 2 is 2.07 bits per heavy atom. The maximum atomic E-state index is 11.5. The zero-order valence-corrected chi connectivity index (χ0v) is 11.6. The summed E-state index contributed by atoms with van der Waals surface area (Å²) in [5.41, 5.74) is 0. The molecule has 0 saturated carbocycles. The van der Waals surface area contributed by atoms with Gasteiger partial charge in [0.15, 0.2) is 5.05 Å². The maximum Gasteiger partial charge on any atom is 0.160 e. The molecule has 4 heteroatoms. The first-order valence-electron chi connectivity index (χ1n) is 5.64. The molecule has 0 aliphatic carbocycles. The van der Waals surface area contributed by atoms with Crippen LogP contribution in [0.25, 0.3) is 0 Å². The molecule has 90 valence electrons. The van der Waals surface area contributed by atoms with Crippen LogP contribution in [0.1, 0.15) is 46.5 Å². The minimum Gasteiger partial charge on any atom is -0.484 e. The second-order valence-electron chi connectivity index (χ2n) is 3.66. The summed E-state index contributed by atoms with van der Waals surface area (Å²) in [6, 6.07) is 0. The Bertz CT molecular complexity index is 205. The summed E-state index contributed by atoms with van der Waals surface area (Å²) >= 11 is 5.07. The van der Waals surface area contributed by atoms with Crippen LogP contribution in [0.2, 0.25) is 0 Å². The van der Waals surface area contributed by atoms with E-state index in [0.29, 0.717) is 17.2 Å². The van der Waals surface area contributed by atoms with Gasteiger partial charge in [-0.25, -0.2) is 0 Å². The SMILES string of the molecule is CCCCS(=O)CCC(=S)OC(C)CC. The maximum absolute atomic E-state index is 11.5. The highest BCUT2D eigenvalue weighted by Gasteiger charge is 2.06. The van der Waals surface area contributed by atoms with E-state index in [1.165, 1.54) is 0 Å². The van der Waals surface area contributed by atoms with Crippen LogP contribution in [-0.2, 0) is 15.5 Å². The van der Waals surface area contributed by atoms with Crippen LogP contribution in [-0.4, -0.2) is 26.9 Å². The molecule has 0 amide bonds. The normalized spacial score (nSPS) is 14.6. The lowest BCUT2D eigenvalue weighted by molar-refractivity contribution is 0.205. The molecule has 0 aromatic carbocycles. The summed E-state index contributed by atoms with van der Waals surface area (Å²) in [4.78, 5) is 0. The Morgan fingerprint density at radius 3 is 2.60 bits per heavy atom. The summed E-state index contributed by atoms with van der Waals surface area (Å²) in [5.74, 6) is 1.44. The van der Waals surface area contributed by atoms with Gasteiger partial charge >= 0.3 is 0 Å². The molecule has 0 spiro atoms. The van der Waals surface area contributed by atoms with Crippen LogP contribution in [0, 0.1) is 0 Å². The first kappa shape index (κ1) is 15.0. The largest absolute Gasteiger partial charge is 0.484 e. The molecule has 0 aromatic heterocycles. The summed E-state index contributed by atoms with van der Waals surface area (Å²) in [7, 11) is -0.725. The molecule has 0 heterocycles. The van der Waals surface area contributed by atoms with E-state index in [1.807, 2.05) is 6.92 Å². The second kappa shape index (κ2) is 9.28. The van der Waals surface area contributed by atoms with Gasteiger partial charge in [-0.05, 0) is 32.0 Å². The van der Waals surface area contributed by atoms with Crippen LogP contribution >= 0.6 is 12.2 Å². The fraction of sp³-hybridized carbons (Fsp3) is 0.909. The average molecular weight is 250 g/mol. The van der Waals surface area contributed by atoms with Crippen molar-refractivity contribution in [2.45, 2.75) is 52.6 Å². The Balaban J connectivity index is 3.57. The van der Waals surface area contributed by atoms with Crippen molar-refractivity contribution < 1.29 is 8.95 Å². The second-order valence-corrected chi connectivity index (χ2v) is 5.81. The van der Waals surface area contributed by atoms with Crippen LogP contribution < -0.4 is 0 Å². The summed E-state index contributed by atoms with van der Waals surface area (Å²) in [6.07, 6.45) is 3.92. The standard InChI is InChI=1S/C11H22O2S2/c1-4-6-8-15(12)9-7-11(14)13-10(3)5-2/h10H,4-9H2,1-3H3. The lowest BCUT2D eigenvalue weighted by atomic mass is 10.3. The first-order chi connectivity index (χ1) is 7.10. The van der Waals surface area contributed by atoms with Crippen molar-refractivity contribution in [1.29, 1.82) is 0 Å². The predicted octanol–water partition coefficient (Wildman–Crippen LogP) is 3.07. The van der Waals surface area contributed by atoms with Crippen molar-refractivity contribution in [2.75, 3.05) is 11.5 Å². The van der Waals surface area contributed by atoms with Gasteiger partial charge in [-0.15, -0.1) is 0 Å². The highest BCUT2D eigenvalue weighted by molar-refractivity contribution is 7.85. The van der Waals surface area contributed by atoms with E-state index in [-0.39, 0.29) is 6.10 Å². The highest BCUT2D eigenvalue weighted by Crippen LogP contribution is 2.02. The quantitative estimate of drug-likeness (QED) is 0.619. The summed E-state index contributed by atoms with van der Waals surface area (Å²) in [5, 5.41) is 0.606. The molecule has 0 N–H and O–H groups in total. The van der Waals surface area contributed by atoms with Crippen LogP contribution in [0.4, 0.5) is 0 Å². The van der Waals surface area contributed by atoms with Crippen LogP contribution in [0.3, 0.4) is 0 Å². The van der Waals surface area contributed by atoms with E-state index >= 15 is 0 Å². The average Bonchev–Trinajstić information content (AvgIpc) is 2.23. The summed E-state index contributed by atoms with van der Waals surface area (Å²) < 4.78 is 16.9. The minimum absolute atomic E-state index is 0.182. The van der Waals surface area contributed by atoms with E-state index in [4.69, 9.17) is 17.0 Å². The van der Waals surface area contributed by atoms with Crippen molar-refractivity contribution in [3.63, 3.8) is 0 Å².